The molecule has 0 N–H and O–H groups in total. The summed E-state index contributed by atoms with van der Waals surface area (Å²) in [6, 6.07) is 11.0. The SMILES string of the molecule is CCN(C[C@@H](C)C#N)C(=O)[C@H](c1ccccc1)N1CCCCC1=O. The zero-order chi connectivity index (χ0) is 17.5. The van der Waals surface area contributed by atoms with Crippen molar-refractivity contribution in [2.45, 2.75) is 39.2 Å². The highest BCUT2D eigenvalue weighted by Gasteiger charge is 2.35. The summed E-state index contributed by atoms with van der Waals surface area (Å²) in [4.78, 5) is 29.0. The van der Waals surface area contributed by atoms with Crippen molar-refractivity contribution in [3.8, 4) is 6.07 Å². The van der Waals surface area contributed by atoms with Crippen molar-refractivity contribution in [3.05, 3.63) is 35.9 Å². The largest absolute Gasteiger partial charge is 0.340 e. The smallest absolute Gasteiger partial charge is 0.250 e. The molecule has 24 heavy (non-hydrogen) atoms. The van der Waals surface area contributed by atoms with Crippen molar-refractivity contribution in [1.82, 2.24) is 9.80 Å². The number of likely N-dealkylation sites (N-methyl/N-ethyl adjacent to an activating group) is 1. The number of likely N-dealkylation sites (tertiary alicyclic amines) is 1. The van der Waals surface area contributed by atoms with Crippen molar-refractivity contribution in [1.29, 1.82) is 5.26 Å². The normalized spacial score (nSPS) is 17.0. The lowest BCUT2D eigenvalue weighted by molar-refractivity contribution is -0.148. The van der Waals surface area contributed by atoms with Gasteiger partial charge in [-0.15, -0.1) is 0 Å². The maximum absolute atomic E-state index is 13.2. The Kier molecular flexibility index (Phi) is 6.36. The Morgan fingerprint density at radius 2 is 2.04 bits per heavy atom. The molecule has 1 fully saturated rings. The fourth-order valence-corrected chi connectivity index (χ4v) is 3.11. The fraction of sp³-hybridized carbons (Fsp3) is 0.526. The fourth-order valence-electron chi connectivity index (χ4n) is 3.11. The molecule has 1 aromatic rings. The number of piperidine rings is 1. The Hall–Kier alpha value is -2.35. The van der Waals surface area contributed by atoms with E-state index in [2.05, 4.69) is 6.07 Å². The third-order valence-electron chi connectivity index (χ3n) is 4.43. The van der Waals surface area contributed by atoms with Crippen molar-refractivity contribution >= 4 is 11.8 Å². The minimum atomic E-state index is -0.593. The molecule has 2 amide bonds. The first-order valence-electron chi connectivity index (χ1n) is 8.61. The van der Waals surface area contributed by atoms with Gasteiger partial charge in [-0.25, -0.2) is 0 Å². The third kappa shape index (κ3) is 4.14. The van der Waals surface area contributed by atoms with Gasteiger partial charge in [-0.2, -0.15) is 5.26 Å². The van der Waals surface area contributed by atoms with Crippen LogP contribution in [0, 0.1) is 17.2 Å². The van der Waals surface area contributed by atoms with Crippen LogP contribution in [0.25, 0.3) is 0 Å². The molecule has 0 spiro atoms. The molecule has 5 heteroatoms. The third-order valence-corrected chi connectivity index (χ3v) is 4.43. The van der Waals surface area contributed by atoms with Crippen LogP contribution in [0.1, 0.15) is 44.7 Å². The maximum Gasteiger partial charge on any atom is 0.250 e. The molecular weight excluding hydrogens is 302 g/mol. The second kappa shape index (κ2) is 8.49. The summed E-state index contributed by atoms with van der Waals surface area (Å²) >= 11 is 0. The van der Waals surface area contributed by atoms with Crippen LogP contribution in [0.5, 0.6) is 0 Å². The van der Waals surface area contributed by atoms with E-state index in [0.29, 0.717) is 26.1 Å². The lowest BCUT2D eigenvalue weighted by Gasteiger charge is -2.37. The number of carbonyl (C=O) groups excluding carboxylic acids is 2. The van der Waals surface area contributed by atoms with Gasteiger partial charge >= 0.3 is 0 Å². The molecule has 0 saturated carbocycles. The van der Waals surface area contributed by atoms with Gasteiger partial charge in [0.2, 0.25) is 11.8 Å². The van der Waals surface area contributed by atoms with Crippen LogP contribution in [-0.2, 0) is 9.59 Å². The van der Waals surface area contributed by atoms with Crippen LogP contribution in [0.4, 0.5) is 0 Å². The highest BCUT2D eigenvalue weighted by molar-refractivity contribution is 5.89. The number of amides is 2. The van der Waals surface area contributed by atoms with E-state index < -0.39 is 6.04 Å². The van der Waals surface area contributed by atoms with E-state index in [0.717, 1.165) is 18.4 Å². The Morgan fingerprint density at radius 1 is 1.33 bits per heavy atom. The molecule has 1 aliphatic heterocycles. The Bertz CT molecular complexity index is 609. The van der Waals surface area contributed by atoms with Crippen molar-refractivity contribution in [3.63, 3.8) is 0 Å². The molecule has 0 aromatic heterocycles. The van der Waals surface area contributed by atoms with Gasteiger partial charge < -0.3 is 9.80 Å². The Balaban J connectivity index is 2.32. The molecular formula is C19H25N3O2. The standard InChI is InChI=1S/C19H25N3O2/c1-3-21(14-15(2)13-20)19(24)18(16-9-5-4-6-10-16)22-12-8-7-11-17(22)23/h4-6,9-10,15,18H,3,7-8,11-12,14H2,1-2H3/t15-,18-/m0/s1. The van der Waals surface area contributed by atoms with Crippen molar-refractivity contribution in [2.24, 2.45) is 5.92 Å². The molecule has 128 valence electrons. The van der Waals surface area contributed by atoms with Crippen molar-refractivity contribution in [2.75, 3.05) is 19.6 Å². The molecule has 0 radical (unpaired) electrons. The highest BCUT2D eigenvalue weighted by Crippen LogP contribution is 2.27. The summed E-state index contributed by atoms with van der Waals surface area (Å²) in [6.07, 6.45) is 2.30. The van der Waals surface area contributed by atoms with Crippen LogP contribution in [0.2, 0.25) is 0 Å². The zero-order valence-electron chi connectivity index (χ0n) is 14.4. The molecule has 2 rings (SSSR count). The highest BCUT2D eigenvalue weighted by atomic mass is 16.2. The van der Waals surface area contributed by atoms with E-state index in [1.54, 1.807) is 16.7 Å². The van der Waals surface area contributed by atoms with Gasteiger partial charge in [0.05, 0.1) is 12.0 Å². The quantitative estimate of drug-likeness (QED) is 0.807. The van der Waals surface area contributed by atoms with Gasteiger partial charge in [-0.1, -0.05) is 30.3 Å². The predicted octanol–water partition coefficient (Wildman–Crippen LogP) is 2.75. The molecule has 0 unspecified atom stereocenters. The summed E-state index contributed by atoms with van der Waals surface area (Å²) in [5.74, 6) is -0.295. The molecule has 5 nitrogen and oxygen atoms in total. The van der Waals surface area contributed by atoms with E-state index >= 15 is 0 Å². The molecule has 1 aromatic carbocycles. The average molecular weight is 327 g/mol. The average Bonchev–Trinajstić information content (AvgIpc) is 2.62. The molecule has 0 bridgehead atoms. The lowest BCUT2D eigenvalue weighted by Crippen LogP contribution is -2.48. The molecule has 1 heterocycles. The summed E-state index contributed by atoms with van der Waals surface area (Å²) in [7, 11) is 0. The van der Waals surface area contributed by atoms with Crippen LogP contribution >= 0.6 is 0 Å². The second-order valence-corrected chi connectivity index (χ2v) is 6.26. The molecule has 1 saturated heterocycles. The number of hydrogen-bond acceptors (Lipinski definition) is 3. The zero-order valence-corrected chi connectivity index (χ0v) is 14.4. The van der Waals surface area contributed by atoms with Crippen LogP contribution < -0.4 is 0 Å². The number of carbonyl (C=O) groups is 2. The first-order chi connectivity index (χ1) is 11.6. The minimum absolute atomic E-state index is 0.0350. The van der Waals surface area contributed by atoms with Gasteiger partial charge in [0, 0.05) is 26.1 Å². The number of nitriles is 1. The lowest BCUT2D eigenvalue weighted by atomic mass is 9.99. The van der Waals surface area contributed by atoms with Crippen LogP contribution in [-0.4, -0.2) is 41.2 Å². The predicted molar refractivity (Wildman–Crippen MR) is 91.8 cm³/mol. The summed E-state index contributed by atoms with van der Waals surface area (Å²) < 4.78 is 0. The maximum atomic E-state index is 13.2. The van der Waals surface area contributed by atoms with E-state index in [1.165, 1.54) is 0 Å². The van der Waals surface area contributed by atoms with Gasteiger partial charge in [-0.05, 0) is 32.3 Å². The first-order valence-corrected chi connectivity index (χ1v) is 8.61. The van der Waals surface area contributed by atoms with Gasteiger partial charge in [0.15, 0.2) is 0 Å². The summed E-state index contributed by atoms with van der Waals surface area (Å²) in [5, 5.41) is 9.05. The number of benzene rings is 1. The summed E-state index contributed by atoms with van der Waals surface area (Å²) in [5.41, 5.74) is 0.834. The first kappa shape index (κ1) is 18.0. The monoisotopic (exact) mass is 327 g/mol. The topological polar surface area (TPSA) is 64.4 Å². The van der Waals surface area contributed by atoms with Crippen LogP contribution in [0.15, 0.2) is 30.3 Å². The van der Waals surface area contributed by atoms with Gasteiger partial charge in [-0.3, -0.25) is 9.59 Å². The Morgan fingerprint density at radius 3 is 2.62 bits per heavy atom. The number of hydrogen-bond donors (Lipinski definition) is 0. The molecule has 0 aliphatic carbocycles. The van der Waals surface area contributed by atoms with Gasteiger partial charge in [0.1, 0.15) is 6.04 Å². The molecule has 1 aliphatic rings. The van der Waals surface area contributed by atoms with Crippen molar-refractivity contribution < 1.29 is 9.59 Å². The molecule has 2 atom stereocenters. The van der Waals surface area contributed by atoms with Crippen LogP contribution in [0.3, 0.4) is 0 Å². The number of nitrogens with zero attached hydrogens (tertiary/aromatic N) is 3. The van der Waals surface area contributed by atoms with E-state index in [1.807, 2.05) is 37.3 Å². The minimum Gasteiger partial charge on any atom is -0.340 e. The van der Waals surface area contributed by atoms with E-state index in [-0.39, 0.29) is 17.7 Å². The van der Waals surface area contributed by atoms with E-state index in [4.69, 9.17) is 5.26 Å². The second-order valence-electron chi connectivity index (χ2n) is 6.26. The number of rotatable bonds is 6. The van der Waals surface area contributed by atoms with Gasteiger partial charge in [0.25, 0.3) is 0 Å². The van der Waals surface area contributed by atoms with E-state index in [9.17, 15) is 9.59 Å². The Labute approximate surface area is 143 Å². The summed E-state index contributed by atoms with van der Waals surface area (Å²) in [6.45, 7) is 5.23.